The molecule has 0 aliphatic carbocycles. The van der Waals surface area contributed by atoms with Crippen LogP contribution in [0.1, 0.15) is 51.1 Å². The van der Waals surface area contributed by atoms with E-state index in [-0.39, 0.29) is 12.4 Å². The smallest absolute Gasteiger partial charge is 0.156 e. The van der Waals surface area contributed by atoms with E-state index in [0.717, 1.165) is 52.1 Å². The lowest BCUT2D eigenvalue weighted by atomic mass is 9.87. The van der Waals surface area contributed by atoms with Crippen LogP contribution in [0.15, 0.2) is 73.7 Å². The van der Waals surface area contributed by atoms with Gasteiger partial charge in [-0.15, -0.1) is 4.72 Å². The molecule has 0 saturated carbocycles. The molecular weight excluding hydrogens is 593 g/mol. The number of halogens is 1. The van der Waals surface area contributed by atoms with E-state index in [2.05, 4.69) is 36.9 Å². The lowest BCUT2D eigenvalue weighted by Crippen LogP contribution is -2.50. The maximum Gasteiger partial charge on any atom is 0.156 e. The molecule has 0 amide bonds. The van der Waals surface area contributed by atoms with Crippen molar-refractivity contribution in [3.05, 3.63) is 96.5 Å². The monoisotopic (exact) mass is 629 g/mol. The highest BCUT2D eigenvalue weighted by molar-refractivity contribution is 7.90. The number of aliphatic hydroxyl groups is 1. The van der Waals surface area contributed by atoms with Crippen molar-refractivity contribution in [2.24, 2.45) is 0 Å². The van der Waals surface area contributed by atoms with Crippen molar-refractivity contribution in [1.29, 1.82) is 0 Å². The third kappa shape index (κ3) is 6.34. The summed E-state index contributed by atoms with van der Waals surface area (Å²) in [6.07, 6.45) is 13.5. The van der Waals surface area contributed by atoms with Crippen LogP contribution in [0.5, 0.6) is 0 Å². The van der Waals surface area contributed by atoms with Crippen molar-refractivity contribution in [3.63, 3.8) is 0 Å². The Morgan fingerprint density at radius 2 is 1.73 bits per heavy atom. The first-order valence-electron chi connectivity index (χ1n) is 14.7. The van der Waals surface area contributed by atoms with Crippen LogP contribution in [0.3, 0.4) is 0 Å². The zero-order chi connectivity index (χ0) is 31.8. The van der Waals surface area contributed by atoms with Crippen molar-refractivity contribution < 1.29 is 14.0 Å². The number of aromatic nitrogens is 7. The summed E-state index contributed by atoms with van der Waals surface area (Å²) in [6.45, 7) is 9.43. The van der Waals surface area contributed by atoms with E-state index in [4.69, 9.17) is 9.97 Å². The molecule has 0 saturated heterocycles. The van der Waals surface area contributed by atoms with Crippen LogP contribution >= 0.6 is 0 Å². The Kier molecular flexibility index (Phi) is 8.44. The lowest BCUT2D eigenvalue weighted by molar-refractivity contribution is 0.269. The topological polar surface area (TPSA) is 132 Å². The third-order valence-corrected chi connectivity index (χ3v) is 9.69. The van der Waals surface area contributed by atoms with Gasteiger partial charge in [0.2, 0.25) is 0 Å². The SMILES string of the molecule is CC(N[S+]([O-])C(C)(C)C)(c1ccc(F)cc1)c1cnc(C2=CCN(c3ncnn4cc(-c5cnn(CCO)c5)cc34)CC2)nc1. The Bertz CT molecular complexity index is 1820. The normalized spacial score (nSPS) is 16.1. The molecule has 1 aliphatic heterocycles. The Balaban J connectivity index is 1.22. The van der Waals surface area contributed by atoms with Gasteiger partial charge in [0.1, 0.15) is 27.9 Å². The zero-order valence-electron chi connectivity index (χ0n) is 25.7. The van der Waals surface area contributed by atoms with Gasteiger partial charge in [-0.05, 0) is 63.5 Å². The zero-order valence-corrected chi connectivity index (χ0v) is 26.5. The Hall–Kier alpha value is -4.17. The lowest BCUT2D eigenvalue weighted by Gasteiger charge is -2.35. The first-order chi connectivity index (χ1) is 21.5. The summed E-state index contributed by atoms with van der Waals surface area (Å²) < 4.78 is 33.2. The number of fused-ring (bicyclic) bond motifs is 1. The summed E-state index contributed by atoms with van der Waals surface area (Å²) in [5, 5.41) is 17.9. The maximum atomic E-state index is 13.8. The molecule has 45 heavy (non-hydrogen) atoms. The van der Waals surface area contributed by atoms with Crippen molar-refractivity contribution in [3.8, 4) is 11.1 Å². The van der Waals surface area contributed by atoms with Crippen molar-refractivity contribution in [2.75, 3.05) is 24.6 Å². The highest BCUT2D eigenvalue weighted by Crippen LogP contribution is 2.33. The second kappa shape index (κ2) is 12.3. The van der Waals surface area contributed by atoms with Gasteiger partial charge in [-0.3, -0.25) is 4.68 Å². The van der Waals surface area contributed by atoms with Crippen LogP contribution in [0.2, 0.25) is 0 Å². The Labute approximate surface area is 264 Å². The molecule has 2 N–H and O–H groups in total. The molecule has 6 rings (SSSR count). The Morgan fingerprint density at radius 3 is 2.40 bits per heavy atom. The van der Waals surface area contributed by atoms with E-state index in [1.807, 2.05) is 44.6 Å². The van der Waals surface area contributed by atoms with Crippen LogP contribution in [0.25, 0.3) is 22.2 Å². The van der Waals surface area contributed by atoms with E-state index in [1.54, 1.807) is 41.7 Å². The molecule has 1 aromatic carbocycles. The number of hydrogen-bond donors (Lipinski definition) is 2. The van der Waals surface area contributed by atoms with Gasteiger partial charge in [0.25, 0.3) is 0 Å². The molecule has 0 spiro atoms. The third-order valence-electron chi connectivity index (χ3n) is 7.98. The molecule has 1 aliphatic rings. The van der Waals surface area contributed by atoms with Crippen LogP contribution < -0.4 is 9.62 Å². The first-order valence-corrected chi connectivity index (χ1v) is 15.9. The average Bonchev–Trinajstić information content (AvgIpc) is 3.68. The maximum absolute atomic E-state index is 13.8. The molecule has 234 valence electrons. The van der Waals surface area contributed by atoms with Gasteiger partial charge in [0, 0.05) is 65.9 Å². The molecule has 5 heterocycles. The number of anilines is 1. The van der Waals surface area contributed by atoms with E-state index < -0.39 is 21.6 Å². The summed E-state index contributed by atoms with van der Waals surface area (Å²) in [6, 6.07) is 8.23. The first kappa shape index (κ1) is 30.8. The molecule has 4 aromatic heterocycles. The van der Waals surface area contributed by atoms with Crippen molar-refractivity contribution in [1.82, 2.24) is 39.1 Å². The fourth-order valence-electron chi connectivity index (χ4n) is 5.28. The quantitative estimate of drug-likeness (QED) is 0.231. The second-order valence-electron chi connectivity index (χ2n) is 12.2. The minimum Gasteiger partial charge on any atom is -0.598 e. The minimum absolute atomic E-state index is 0.0281. The van der Waals surface area contributed by atoms with Crippen LogP contribution in [-0.4, -0.2) is 68.4 Å². The molecular formula is C32H36FN9O2S. The van der Waals surface area contributed by atoms with Crippen LogP contribution in [-0.2, 0) is 23.4 Å². The summed E-state index contributed by atoms with van der Waals surface area (Å²) in [5.41, 5.74) is 4.41. The summed E-state index contributed by atoms with van der Waals surface area (Å²) in [4.78, 5) is 16.2. The summed E-state index contributed by atoms with van der Waals surface area (Å²) in [7, 11) is 0. The second-order valence-corrected chi connectivity index (χ2v) is 14.2. The highest BCUT2D eigenvalue weighted by atomic mass is 32.2. The van der Waals surface area contributed by atoms with Crippen molar-refractivity contribution in [2.45, 2.75) is 50.9 Å². The number of aliphatic hydroxyl groups excluding tert-OH is 1. The van der Waals surface area contributed by atoms with Gasteiger partial charge in [0.15, 0.2) is 11.6 Å². The van der Waals surface area contributed by atoms with Gasteiger partial charge < -0.3 is 14.6 Å². The molecule has 0 fully saturated rings. The number of benzene rings is 1. The number of hydrogen-bond acceptors (Lipinski definition) is 9. The number of nitrogens with one attached hydrogen (secondary N) is 1. The summed E-state index contributed by atoms with van der Waals surface area (Å²) >= 11 is -1.41. The fourth-order valence-corrected chi connectivity index (χ4v) is 6.19. The predicted molar refractivity (Wildman–Crippen MR) is 172 cm³/mol. The van der Waals surface area contributed by atoms with Crippen LogP contribution in [0, 0.1) is 5.82 Å². The molecule has 13 heteroatoms. The molecule has 0 radical (unpaired) electrons. The predicted octanol–water partition coefficient (Wildman–Crippen LogP) is 4.12. The molecule has 2 atom stereocenters. The molecule has 2 unspecified atom stereocenters. The standard InChI is InChI=1S/C32H36FN9O2S/c1-31(2,3)45(44)39-32(4,25-5-7-27(33)8-6-25)26-17-34-29(35-18-26)22-9-11-40(12-10-22)30-28-15-23(20-42(28)38-21-36-30)24-16-37-41(19-24)13-14-43/h5-9,15-21,39,43H,10-14H2,1-4H3. The highest BCUT2D eigenvalue weighted by Gasteiger charge is 2.39. The van der Waals surface area contributed by atoms with Gasteiger partial charge in [-0.2, -0.15) is 10.2 Å². The molecule has 0 bridgehead atoms. The van der Waals surface area contributed by atoms with E-state index in [1.165, 1.54) is 12.1 Å². The van der Waals surface area contributed by atoms with Crippen LogP contribution in [0.4, 0.5) is 10.2 Å². The average molecular weight is 630 g/mol. The fraction of sp³-hybridized carbons (Fsp3) is 0.344. The van der Waals surface area contributed by atoms with Gasteiger partial charge in [-0.25, -0.2) is 23.9 Å². The molecule has 11 nitrogen and oxygen atoms in total. The van der Waals surface area contributed by atoms with Gasteiger partial charge in [-0.1, -0.05) is 18.2 Å². The molecule has 5 aromatic rings. The van der Waals surface area contributed by atoms with E-state index in [0.29, 0.717) is 18.9 Å². The van der Waals surface area contributed by atoms with Crippen molar-refractivity contribution >= 4 is 28.3 Å². The number of rotatable bonds is 9. The Morgan fingerprint density at radius 1 is 0.978 bits per heavy atom. The van der Waals surface area contributed by atoms with E-state index in [9.17, 15) is 14.0 Å². The van der Waals surface area contributed by atoms with Gasteiger partial charge in [0.05, 0.1) is 19.3 Å². The number of nitrogens with zero attached hydrogens (tertiary/aromatic N) is 8. The van der Waals surface area contributed by atoms with Gasteiger partial charge >= 0.3 is 0 Å². The van der Waals surface area contributed by atoms with E-state index >= 15 is 0 Å². The summed E-state index contributed by atoms with van der Waals surface area (Å²) in [5.74, 6) is 1.13. The largest absolute Gasteiger partial charge is 0.598 e. The minimum atomic E-state index is -1.41.